The molecule has 1 N–H and O–H groups in total. The lowest BCUT2D eigenvalue weighted by molar-refractivity contribution is -0.137. The van der Waals surface area contributed by atoms with Crippen LogP contribution < -0.4 is 5.32 Å². The lowest BCUT2D eigenvalue weighted by Gasteiger charge is -2.26. The molecular weight excluding hydrogens is 454 g/mol. The number of benzene rings is 1. The van der Waals surface area contributed by atoms with Crippen molar-refractivity contribution >= 4 is 45.3 Å². The van der Waals surface area contributed by atoms with Crippen LogP contribution in [0, 0.1) is 6.92 Å². The third-order valence-corrected chi connectivity index (χ3v) is 8.21. The van der Waals surface area contributed by atoms with Crippen LogP contribution in [0.5, 0.6) is 0 Å². The molecule has 0 atom stereocenters. The normalized spacial score (nSPS) is 18.8. The van der Waals surface area contributed by atoms with E-state index in [1.807, 2.05) is 0 Å². The predicted molar refractivity (Wildman–Crippen MR) is 121 cm³/mol. The van der Waals surface area contributed by atoms with Crippen LogP contribution >= 0.6 is 11.8 Å². The maximum atomic E-state index is 13.1. The van der Waals surface area contributed by atoms with Gasteiger partial charge in [-0.2, -0.15) is 4.31 Å². The fraction of sp³-hybridized carbons (Fsp3) is 0.476. The van der Waals surface area contributed by atoms with Crippen molar-refractivity contribution < 1.29 is 27.5 Å². The lowest BCUT2D eigenvalue weighted by Crippen LogP contribution is -2.36. The number of anilines is 1. The molecule has 0 bridgehead atoms. The van der Waals surface area contributed by atoms with Crippen LogP contribution in [-0.4, -0.2) is 67.4 Å². The molecule has 2 heterocycles. The molecule has 9 nitrogen and oxygen atoms in total. The van der Waals surface area contributed by atoms with Gasteiger partial charge in [-0.3, -0.25) is 14.5 Å². The number of carbonyl (C=O) groups excluding carboxylic acids is 3. The summed E-state index contributed by atoms with van der Waals surface area (Å²) >= 11 is 1.16. The van der Waals surface area contributed by atoms with E-state index in [9.17, 15) is 22.8 Å². The summed E-state index contributed by atoms with van der Waals surface area (Å²) in [5.74, 6) is -1.25. The number of hydrogen-bond acceptors (Lipinski definition) is 7. The van der Waals surface area contributed by atoms with Crippen molar-refractivity contribution in [2.24, 2.45) is 0 Å². The Labute approximate surface area is 192 Å². The molecule has 0 aromatic heterocycles. The highest BCUT2D eigenvalue weighted by Crippen LogP contribution is 2.29. The fourth-order valence-electron chi connectivity index (χ4n) is 3.53. The molecule has 2 fully saturated rings. The monoisotopic (exact) mass is 481 g/mol. The smallest absolute Gasteiger partial charge is 0.333 e. The maximum Gasteiger partial charge on any atom is 0.333 e. The van der Waals surface area contributed by atoms with E-state index in [0.717, 1.165) is 31.0 Å². The zero-order valence-corrected chi connectivity index (χ0v) is 19.8. The SMILES string of the molecule is CCOC(=O)C=C1SCC(=O)N1CC(=O)Nc1ccc(C)c(S(=O)(=O)N2CCCCC2)c1. The predicted octanol–water partition coefficient (Wildman–Crippen LogP) is 2.09. The number of thioether (sulfide) groups is 1. The van der Waals surface area contributed by atoms with E-state index in [1.54, 1.807) is 26.0 Å². The summed E-state index contributed by atoms with van der Waals surface area (Å²) in [5.41, 5.74) is 0.922. The highest BCUT2D eigenvalue weighted by atomic mass is 32.2. The van der Waals surface area contributed by atoms with Crippen molar-refractivity contribution in [3.05, 3.63) is 34.9 Å². The van der Waals surface area contributed by atoms with E-state index in [1.165, 1.54) is 21.3 Å². The minimum Gasteiger partial charge on any atom is -0.463 e. The van der Waals surface area contributed by atoms with Crippen molar-refractivity contribution in [3.63, 3.8) is 0 Å². The Kier molecular flexibility index (Phi) is 7.96. The summed E-state index contributed by atoms with van der Waals surface area (Å²) in [4.78, 5) is 37.9. The molecule has 32 heavy (non-hydrogen) atoms. The molecule has 2 amide bonds. The summed E-state index contributed by atoms with van der Waals surface area (Å²) in [6.07, 6.45) is 3.87. The number of aryl methyl sites for hydroxylation is 1. The van der Waals surface area contributed by atoms with E-state index in [0.29, 0.717) is 29.4 Å². The van der Waals surface area contributed by atoms with Gasteiger partial charge < -0.3 is 10.1 Å². The van der Waals surface area contributed by atoms with Crippen LogP contribution in [0.1, 0.15) is 31.7 Å². The Morgan fingerprint density at radius 3 is 2.62 bits per heavy atom. The molecule has 1 aromatic carbocycles. The summed E-state index contributed by atoms with van der Waals surface area (Å²) in [6, 6.07) is 4.72. The Morgan fingerprint density at radius 1 is 1.22 bits per heavy atom. The number of piperidine rings is 1. The standard InChI is InChI=1S/C21H27N3O6S2/c1-3-30-21(27)12-20-24(19(26)14-31-20)13-18(25)22-16-8-7-15(2)17(11-16)32(28,29)23-9-5-4-6-10-23/h7-8,11-12H,3-6,9-10,13-14H2,1-2H3,(H,22,25). The number of carbonyl (C=O) groups is 3. The van der Waals surface area contributed by atoms with Crippen molar-refractivity contribution in [2.45, 2.75) is 38.0 Å². The molecular formula is C21H27N3O6S2. The summed E-state index contributed by atoms with van der Waals surface area (Å²) in [6.45, 7) is 4.28. The second kappa shape index (κ2) is 10.5. The highest BCUT2D eigenvalue weighted by molar-refractivity contribution is 8.04. The number of nitrogens with zero attached hydrogens (tertiary/aromatic N) is 2. The molecule has 2 saturated heterocycles. The number of esters is 1. The number of hydrogen-bond donors (Lipinski definition) is 1. The Hall–Kier alpha value is -2.37. The first-order valence-electron chi connectivity index (χ1n) is 10.4. The number of ether oxygens (including phenoxy) is 1. The Morgan fingerprint density at radius 2 is 1.94 bits per heavy atom. The van der Waals surface area contributed by atoms with Gasteiger partial charge >= 0.3 is 5.97 Å². The van der Waals surface area contributed by atoms with Crippen LogP contribution in [0.4, 0.5) is 5.69 Å². The van der Waals surface area contributed by atoms with Gasteiger partial charge in [0.25, 0.3) is 0 Å². The Balaban J connectivity index is 1.73. The molecule has 3 rings (SSSR count). The van der Waals surface area contributed by atoms with Crippen LogP contribution in [-0.2, 0) is 29.1 Å². The zero-order valence-electron chi connectivity index (χ0n) is 18.1. The van der Waals surface area contributed by atoms with Crippen molar-refractivity contribution in [3.8, 4) is 0 Å². The average molecular weight is 482 g/mol. The second-order valence-corrected chi connectivity index (χ2v) is 10.4. The Bertz CT molecular complexity index is 1030. The summed E-state index contributed by atoms with van der Waals surface area (Å²) in [7, 11) is -3.66. The second-order valence-electron chi connectivity index (χ2n) is 7.50. The molecule has 2 aliphatic heterocycles. The number of sulfonamides is 1. The minimum atomic E-state index is -3.66. The highest BCUT2D eigenvalue weighted by Gasteiger charge is 2.30. The van der Waals surface area contributed by atoms with Crippen molar-refractivity contribution in [2.75, 3.05) is 37.3 Å². The van der Waals surface area contributed by atoms with Crippen molar-refractivity contribution in [1.29, 1.82) is 0 Å². The van der Waals surface area contributed by atoms with E-state index in [4.69, 9.17) is 4.74 Å². The summed E-state index contributed by atoms with van der Waals surface area (Å²) in [5, 5.41) is 3.01. The number of nitrogens with one attached hydrogen (secondary N) is 1. The topological polar surface area (TPSA) is 113 Å². The largest absolute Gasteiger partial charge is 0.463 e. The summed E-state index contributed by atoms with van der Waals surface area (Å²) < 4.78 is 32.5. The molecule has 0 radical (unpaired) electrons. The lowest BCUT2D eigenvalue weighted by atomic mass is 10.2. The first-order valence-corrected chi connectivity index (χ1v) is 12.9. The molecule has 0 spiro atoms. The van der Waals surface area contributed by atoms with E-state index < -0.39 is 21.9 Å². The molecule has 0 unspecified atom stereocenters. The van der Waals surface area contributed by atoms with E-state index in [-0.39, 0.29) is 29.7 Å². The van der Waals surface area contributed by atoms with Crippen molar-refractivity contribution in [1.82, 2.24) is 9.21 Å². The van der Waals surface area contributed by atoms with Gasteiger partial charge in [-0.05, 0) is 44.4 Å². The first-order chi connectivity index (χ1) is 15.2. The van der Waals surface area contributed by atoms with Gasteiger partial charge in [-0.25, -0.2) is 13.2 Å². The van der Waals surface area contributed by atoms with Gasteiger partial charge in [-0.15, -0.1) is 0 Å². The van der Waals surface area contributed by atoms with Gasteiger partial charge in [0.05, 0.1) is 28.4 Å². The maximum absolute atomic E-state index is 13.1. The van der Waals surface area contributed by atoms with Crippen LogP contribution in [0.3, 0.4) is 0 Å². The molecule has 1 aromatic rings. The van der Waals surface area contributed by atoms with Gasteiger partial charge in [-0.1, -0.05) is 24.2 Å². The average Bonchev–Trinajstić information content (AvgIpc) is 3.09. The van der Waals surface area contributed by atoms with Crippen LogP contribution in [0.2, 0.25) is 0 Å². The third kappa shape index (κ3) is 5.70. The quantitative estimate of drug-likeness (QED) is 0.469. The zero-order chi connectivity index (χ0) is 23.3. The third-order valence-electron chi connectivity index (χ3n) is 5.15. The van der Waals surface area contributed by atoms with E-state index >= 15 is 0 Å². The molecule has 2 aliphatic rings. The molecule has 174 valence electrons. The first kappa shape index (κ1) is 24.3. The molecule has 0 aliphatic carbocycles. The molecule has 0 saturated carbocycles. The van der Waals surface area contributed by atoms with Gasteiger partial charge in [0.15, 0.2) is 0 Å². The molecule has 11 heteroatoms. The van der Waals surface area contributed by atoms with Crippen LogP contribution in [0.15, 0.2) is 34.2 Å². The minimum absolute atomic E-state index is 0.126. The van der Waals surface area contributed by atoms with Gasteiger partial charge in [0.2, 0.25) is 21.8 Å². The number of amides is 2. The fourth-order valence-corrected chi connectivity index (χ4v) is 6.23. The number of rotatable bonds is 7. The van der Waals surface area contributed by atoms with E-state index in [2.05, 4.69) is 5.32 Å². The van der Waals surface area contributed by atoms with Gasteiger partial charge in [0.1, 0.15) is 6.54 Å². The van der Waals surface area contributed by atoms with Crippen LogP contribution in [0.25, 0.3) is 0 Å². The van der Waals surface area contributed by atoms with Gasteiger partial charge in [0, 0.05) is 18.8 Å².